The van der Waals surface area contributed by atoms with Gasteiger partial charge in [-0.15, -0.1) is 0 Å². The molecule has 0 radical (unpaired) electrons. The number of fused-ring (bicyclic) bond motifs is 1. The molecule has 6 heteroatoms. The minimum Gasteiger partial charge on any atom is -0.507 e. The topological polar surface area (TPSA) is 115 Å². The molecule has 3 rings (SSSR count). The van der Waals surface area contributed by atoms with Crippen molar-refractivity contribution in [3.05, 3.63) is 46.0 Å². The molecular formula is C21H18O6. The average molecular weight is 366 g/mol. The van der Waals surface area contributed by atoms with Crippen LogP contribution in [0.3, 0.4) is 0 Å². The van der Waals surface area contributed by atoms with Crippen molar-refractivity contribution in [1.29, 1.82) is 0 Å². The van der Waals surface area contributed by atoms with Gasteiger partial charge in [-0.25, -0.2) is 0 Å². The van der Waals surface area contributed by atoms with E-state index in [0.717, 1.165) is 16.7 Å². The van der Waals surface area contributed by atoms with Crippen molar-refractivity contribution in [3.63, 3.8) is 0 Å². The quantitative estimate of drug-likeness (QED) is 0.413. The molecule has 0 aliphatic rings. The first-order valence-electron chi connectivity index (χ1n) is 8.18. The molecule has 138 valence electrons. The lowest BCUT2D eigenvalue weighted by atomic mass is 9.85. The molecule has 0 aliphatic heterocycles. The summed E-state index contributed by atoms with van der Waals surface area (Å²) in [4.78, 5) is 23.4. The third-order valence-corrected chi connectivity index (χ3v) is 5.07. The number of phenols is 4. The smallest absolute Gasteiger partial charge is 0.200 e. The Morgan fingerprint density at radius 2 is 1.30 bits per heavy atom. The molecule has 0 aliphatic carbocycles. The maximum Gasteiger partial charge on any atom is 0.200 e. The summed E-state index contributed by atoms with van der Waals surface area (Å²) in [5.41, 5.74) is 2.83. The number of carbonyl (C=O) groups excluding carboxylic acids is 2. The van der Waals surface area contributed by atoms with Gasteiger partial charge in [-0.05, 0) is 60.5 Å². The lowest BCUT2D eigenvalue weighted by molar-refractivity contribution is 0.109. The molecule has 0 bridgehead atoms. The molecule has 0 aromatic heterocycles. The number of hydrogen-bond donors (Lipinski definition) is 4. The zero-order chi connectivity index (χ0) is 20.0. The minimum absolute atomic E-state index is 0.0675. The van der Waals surface area contributed by atoms with Gasteiger partial charge in [-0.1, -0.05) is 6.07 Å². The Labute approximate surface area is 154 Å². The molecule has 0 saturated carbocycles. The van der Waals surface area contributed by atoms with E-state index in [1.807, 2.05) is 13.8 Å². The lowest BCUT2D eigenvalue weighted by Crippen LogP contribution is -2.01. The van der Waals surface area contributed by atoms with E-state index in [9.17, 15) is 30.0 Å². The van der Waals surface area contributed by atoms with Crippen molar-refractivity contribution in [1.82, 2.24) is 0 Å². The number of hydrogen-bond acceptors (Lipinski definition) is 6. The van der Waals surface area contributed by atoms with E-state index in [1.165, 1.54) is 12.1 Å². The lowest BCUT2D eigenvalue weighted by Gasteiger charge is -2.19. The molecular weight excluding hydrogens is 348 g/mol. The molecule has 0 heterocycles. The van der Waals surface area contributed by atoms with Crippen LogP contribution < -0.4 is 0 Å². The van der Waals surface area contributed by atoms with Crippen LogP contribution in [0.2, 0.25) is 0 Å². The summed E-state index contributed by atoms with van der Waals surface area (Å²) in [6.07, 6.45) is 0.848. The molecule has 6 nitrogen and oxygen atoms in total. The standard InChI is InChI=1S/C21H18O6/c1-9-4-13-18(11(3)10(9)2)20(26)15(8-23)14(7-22)19(13)12-5-16(24)21(27)17(25)6-12/h4-8,24-27H,1-3H3. The molecule has 0 fully saturated rings. The van der Waals surface area contributed by atoms with Crippen LogP contribution in [0.4, 0.5) is 0 Å². The van der Waals surface area contributed by atoms with Gasteiger partial charge in [0.2, 0.25) is 0 Å². The highest BCUT2D eigenvalue weighted by atomic mass is 16.3. The second-order valence-corrected chi connectivity index (χ2v) is 6.52. The first kappa shape index (κ1) is 18.3. The molecule has 3 aromatic carbocycles. The van der Waals surface area contributed by atoms with Crippen LogP contribution in [0.25, 0.3) is 21.9 Å². The van der Waals surface area contributed by atoms with Crippen molar-refractivity contribution in [3.8, 4) is 34.1 Å². The van der Waals surface area contributed by atoms with Crippen LogP contribution >= 0.6 is 0 Å². The summed E-state index contributed by atoms with van der Waals surface area (Å²) in [7, 11) is 0. The summed E-state index contributed by atoms with van der Waals surface area (Å²) in [5.74, 6) is -2.13. The normalized spacial score (nSPS) is 10.9. The van der Waals surface area contributed by atoms with E-state index in [4.69, 9.17) is 0 Å². The Morgan fingerprint density at radius 1 is 0.741 bits per heavy atom. The fourth-order valence-corrected chi connectivity index (χ4v) is 3.43. The van der Waals surface area contributed by atoms with E-state index in [2.05, 4.69) is 0 Å². The Bertz CT molecular complexity index is 1100. The second-order valence-electron chi connectivity index (χ2n) is 6.52. The van der Waals surface area contributed by atoms with Crippen molar-refractivity contribution < 1.29 is 30.0 Å². The van der Waals surface area contributed by atoms with Gasteiger partial charge in [0.15, 0.2) is 29.8 Å². The third-order valence-electron chi connectivity index (χ3n) is 5.07. The highest BCUT2D eigenvalue weighted by Crippen LogP contribution is 2.46. The van der Waals surface area contributed by atoms with E-state index in [1.54, 1.807) is 13.0 Å². The van der Waals surface area contributed by atoms with E-state index in [-0.39, 0.29) is 28.0 Å². The first-order chi connectivity index (χ1) is 12.7. The molecule has 0 amide bonds. The van der Waals surface area contributed by atoms with Gasteiger partial charge < -0.3 is 20.4 Å². The number of aromatic hydroxyl groups is 4. The maximum absolute atomic E-state index is 11.8. The third kappa shape index (κ3) is 2.57. The van der Waals surface area contributed by atoms with Crippen LogP contribution in [0, 0.1) is 20.8 Å². The number of benzene rings is 3. The fourth-order valence-electron chi connectivity index (χ4n) is 3.43. The Balaban J connectivity index is 2.64. The fraction of sp³-hybridized carbons (Fsp3) is 0.143. The van der Waals surface area contributed by atoms with Crippen LogP contribution in [0.5, 0.6) is 23.0 Å². The number of phenolic OH excluding ortho intramolecular Hbond substituents is 4. The number of carbonyl (C=O) groups is 2. The largest absolute Gasteiger partial charge is 0.507 e. The molecule has 0 unspecified atom stereocenters. The number of aryl methyl sites for hydroxylation is 2. The van der Waals surface area contributed by atoms with E-state index >= 15 is 0 Å². The summed E-state index contributed by atoms with van der Waals surface area (Å²) < 4.78 is 0. The zero-order valence-corrected chi connectivity index (χ0v) is 15.0. The Hall–Kier alpha value is -3.54. The summed E-state index contributed by atoms with van der Waals surface area (Å²) >= 11 is 0. The zero-order valence-electron chi connectivity index (χ0n) is 15.0. The average Bonchev–Trinajstić information content (AvgIpc) is 2.63. The summed E-state index contributed by atoms with van der Waals surface area (Å²) in [5, 5.41) is 41.0. The summed E-state index contributed by atoms with van der Waals surface area (Å²) in [6.45, 7) is 5.56. The summed E-state index contributed by atoms with van der Waals surface area (Å²) in [6, 6.07) is 4.15. The van der Waals surface area contributed by atoms with Crippen molar-refractivity contribution in [2.24, 2.45) is 0 Å². The number of rotatable bonds is 3. The van der Waals surface area contributed by atoms with Gasteiger partial charge in [-0.2, -0.15) is 0 Å². The van der Waals surface area contributed by atoms with Gasteiger partial charge in [0.05, 0.1) is 5.56 Å². The molecule has 3 aromatic rings. The molecule has 0 atom stereocenters. The van der Waals surface area contributed by atoms with Crippen molar-refractivity contribution >= 4 is 23.3 Å². The van der Waals surface area contributed by atoms with Crippen LogP contribution in [0.1, 0.15) is 37.4 Å². The van der Waals surface area contributed by atoms with Crippen LogP contribution in [-0.4, -0.2) is 33.0 Å². The Kier molecular flexibility index (Phi) is 4.27. The molecule has 27 heavy (non-hydrogen) atoms. The van der Waals surface area contributed by atoms with Crippen LogP contribution in [0.15, 0.2) is 18.2 Å². The molecule has 4 N–H and O–H groups in total. The highest BCUT2D eigenvalue weighted by Gasteiger charge is 2.23. The first-order valence-corrected chi connectivity index (χ1v) is 8.18. The predicted octanol–water partition coefficient (Wildman–Crippen LogP) is 3.88. The van der Waals surface area contributed by atoms with Crippen LogP contribution in [-0.2, 0) is 0 Å². The van der Waals surface area contributed by atoms with Crippen molar-refractivity contribution in [2.45, 2.75) is 20.8 Å². The van der Waals surface area contributed by atoms with Gasteiger partial charge in [0, 0.05) is 16.5 Å². The van der Waals surface area contributed by atoms with E-state index in [0.29, 0.717) is 23.3 Å². The van der Waals surface area contributed by atoms with Gasteiger partial charge >= 0.3 is 0 Å². The SMILES string of the molecule is Cc1cc2c(-c3cc(O)c(O)c(O)c3)c(C=O)c(C=O)c(O)c2c(C)c1C. The second kappa shape index (κ2) is 6.32. The molecule has 0 saturated heterocycles. The van der Waals surface area contributed by atoms with Crippen molar-refractivity contribution in [2.75, 3.05) is 0 Å². The van der Waals surface area contributed by atoms with E-state index < -0.39 is 17.2 Å². The van der Waals surface area contributed by atoms with Gasteiger partial charge in [0.25, 0.3) is 0 Å². The minimum atomic E-state index is -0.687. The highest BCUT2D eigenvalue weighted by molar-refractivity contribution is 6.14. The monoisotopic (exact) mass is 366 g/mol. The maximum atomic E-state index is 11.8. The van der Waals surface area contributed by atoms with Gasteiger partial charge in [0.1, 0.15) is 5.75 Å². The Morgan fingerprint density at radius 3 is 1.81 bits per heavy atom. The predicted molar refractivity (Wildman–Crippen MR) is 101 cm³/mol. The number of aldehydes is 2. The van der Waals surface area contributed by atoms with Gasteiger partial charge in [-0.3, -0.25) is 9.59 Å². The molecule has 0 spiro atoms.